The Balaban J connectivity index is 2.14. The van der Waals surface area contributed by atoms with Crippen molar-refractivity contribution in [2.45, 2.75) is 20.4 Å². The van der Waals surface area contributed by atoms with Crippen molar-refractivity contribution in [1.82, 2.24) is 14.7 Å². The van der Waals surface area contributed by atoms with Gasteiger partial charge in [0.25, 0.3) is 0 Å². The van der Waals surface area contributed by atoms with E-state index in [9.17, 15) is 4.79 Å². The Labute approximate surface area is 86.7 Å². The summed E-state index contributed by atoms with van der Waals surface area (Å²) in [5.41, 5.74) is 0.690. The standard InChI is InChI=1S/C10H11N3O2/c1-7(14)9-3-4-13(5-9)6-10-11-8(2)15-12-10/h3-5H,6H2,1-2H3. The molecular formula is C10H11N3O2. The van der Waals surface area contributed by atoms with Crippen LogP contribution in [-0.4, -0.2) is 20.5 Å². The molecule has 5 nitrogen and oxygen atoms in total. The van der Waals surface area contributed by atoms with Crippen LogP contribution < -0.4 is 0 Å². The molecule has 0 amide bonds. The minimum Gasteiger partial charge on any atom is -0.346 e. The van der Waals surface area contributed by atoms with E-state index in [0.717, 1.165) is 0 Å². The topological polar surface area (TPSA) is 60.9 Å². The predicted octanol–water partition coefficient (Wildman–Crippen LogP) is 1.43. The highest BCUT2D eigenvalue weighted by atomic mass is 16.5. The summed E-state index contributed by atoms with van der Waals surface area (Å²) in [7, 11) is 0. The van der Waals surface area contributed by atoms with Gasteiger partial charge in [-0.05, 0) is 13.0 Å². The van der Waals surface area contributed by atoms with Crippen molar-refractivity contribution in [2.75, 3.05) is 0 Å². The molecule has 0 aliphatic carbocycles. The molecule has 15 heavy (non-hydrogen) atoms. The zero-order valence-electron chi connectivity index (χ0n) is 8.60. The minimum atomic E-state index is 0.0537. The van der Waals surface area contributed by atoms with Gasteiger partial charge >= 0.3 is 0 Å². The summed E-state index contributed by atoms with van der Waals surface area (Å²) in [6, 6.07) is 1.77. The van der Waals surface area contributed by atoms with Crippen LogP contribution in [0.4, 0.5) is 0 Å². The zero-order valence-corrected chi connectivity index (χ0v) is 8.60. The molecule has 5 heteroatoms. The molecule has 0 saturated carbocycles. The van der Waals surface area contributed by atoms with E-state index in [2.05, 4.69) is 10.1 Å². The van der Waals surface area contributed by atoms with Crippen molar-refractivity contribution in [2.24, 2.45) is 0 Å². The Bertz CT molecular complexity index is 484. The van der Waals surface area contributed by atoms with Crippen molar-refractivity contribution in [3.8, 4) is 0 Å². The van der Waals surface area contributed by atoms with Gasteiger partial charge in [-0.2, -0.15) is 4.98 Å². The smallest absolute Gasteiger partial charge is 0.223 e. The summed E-state index contributed by atoms with van der Waals surface area (Å²) < 4.78 is 6.70. The monoisotopic (exact) mass is 205 g/mol. The largest absolute Gasteiger partial charge is 0.346 e. The molecule has 0 N–H and O–H groups in total. The fourth-order valence-corrected chi connectivity index (χ4v) is 1.32. The van der Waals surface area contributed by atoms with Gasteiger partial charge in [0.1, 0.15) is 0 Å². The predicted molar refractivity (Wildman–Crippen MR) is 52.6 cm³/mol. The lowest BCUT2D eigenvalue weighted by Crippen LogP contribution is -1.99. The normalized spacial score (nSPS) is 10.5. The van der Waals surface area contributed by atoms with Crippen molar-refractivity contribution < 1.29 is 9.32 Å². The van der Waals surface area contributed by atoms with Gasteiger partial charge in [0, 0.05) is 24.9 Å². The maximum absolute atomic E-state index is 11.1. The van der Waals surface area contributed by atoms with Gasteiger partial charge in [0.15, 0.2) is 11.6 Å². The highest BCUT2D eigenvalue weighted by molar-refractivity contribution is 5.93. The Kier molecular flexibility index (Phi) is 2.37. The van der Waals surface area contributed by atoms with E-state index in [1.54, 1.807) is 19.2 Å². The van der Waals surface area contributed by atoms with E-state index < -0.39 is 0 Å². The average Bonchev–Trinajstić information content (AvgIpc) is 2.76. The summed E-state index contributed by atoms with van der Waals surface area (Å²) in [6.07, 6.45) is 3.59. The molecule has 0 aliphatic heterocycles. The van der Waals surface area contributed by atoms with Gasteiger partial charge in [-0.3, -0.25) is 4.79 Å². The first-order valence-electron chi connectivity index (χ1n) is 4.61. The van der Waals surface area contributed by atoms with Crippen molar-refractivity contribution in [3.63, 3.8) is 0 Å². The van der Waals surface area contributed by atoms with Crippen LogP contribution in [0.25, 0.3) is 0 Å². The molecule has 0 atom stereocenters. The van der Waals surface area contributed by atoms with Crippen LogP contribution in [0, 0.1) is 6.92 Å². The number of Topliss-reactive ketones (excluding diaryl/α,β-unsaturated/α-hetero) is 1. The van der Waals surface area contributed by atoms with Gasteiger partial charge in [0.2, 0.25) is 5.89 Å². The lowest BCUT2D eigenvalue weighted by molar-refractivity contribution is 0.101. The fourth-order valence-electron chi connectivity index (χ4n) is 1.32. The Hall–Kier alpha value is -1.91. The highest BCUT2D eigenvalue weighted by Gasteiger charge is 2.05. The third-order valence-corrected chi connectivity index (χ3v) is 2.05. The summed E-state index contributed by atoms with van der Waals surface area (Å²) in [5, 5.41) is 3.77. The van der Waals surface area contributed by atoms with E-state index in [1.165, 1.54) is 6.92 Å². The first-order valence-corrected chi connectivity index (χ1v) is 4.61. The van der Waals surface area contributed by atoms with E-state index >= 15 is 0 Å². The molecule has 2 rings (SSSR count). The van der Waals surface area contributed by atoms with E-state index in [0.29, 0.717) is 23.8 Å². The first kappa shape index (κ1) is 9.64. The Morgan fingerprint density at radius 1 is 1.60 bits per heavy atom. The number of aromatic nitrogens is 3. The number of nitrogens with zero attached hydrogens (tertiary/aromatic N) is 3. The van der Waals surface area contributed by atoms with Crippen LogP contribution in [0.5, 0.6) is 0 Å². The maximum atomic E-state index is 11.1. The van der Waals surface area contributed by atoms with Crippen molar-refractivity contribution in [1.29, 1.82) is 0 Å². The Morgan fingerprint density at radius 2 is 2.40 bits per heavy atom. The van der Waals surface area contributed by atoms with Gasteiger partial charge in [-0.1, -0.05) is 5.16 Å². The Morgan fingerprint density at radius 3 is 2.93 bits per heavy atom. The molecule has 0 aliphatic rings. The molecule has 0 aromatic carbocycles. The zero-order chi connectivity index (χ0) is 10.8. The molecule has 0 spiro atoms. The van der Waals surface area contributed by atoms with Crippen LogP contribution >= 0.6 is 0 Å². The lowest BCUT2D eigenvalue weighted by atomic mass is 10.2. The SMILES string of the molecule is CC(=O)c1ccn(Cc2noc(C)n2)c1. The quantitative estimate of drug-likeness (QED) is 0.711. The second-order valence-electron chi connectivity index (χ2n) is 3.36. The third-order valence-electron chi connectivity index (χ3n) is 2.05. The summed E-state index contributed by atoms with van der Waals surface area (Å²) >= 11 is 0. The highest BCUT2D eigenvalue weighted by Crippen LogP contribution is 2.04. The van der Waals surface area contributed by atoms with Crippen LogP contribution in [0.2, 0.25) is 0 Å². The van der Waals surface area contributed by atoms with Crippen LogP contribution in [-0.2, 0) is 6.54 Å². The molecule has 78 valence electrons. The molecule has 2 heterocycles. The van der Waals surface area contributed by atoms with Crippen LogP contribution in [0.15, 0.2) is 23.0 Å². The first-order chi connectivity index (χ1) is 7.15. The maximum Gasteiger partial charge on any atom is 0.223 e. The van der Waals surface area contributed by atoms with E-state index in [-0.39, 0.29) is 5.78 Å². The molecule has 0 unspecified atom stereocenters. The molecule has 2 aromatic heterocycles. The number of hydrogen-bond donors (Lipinski definition) is 0. The lowest BCUT2D eigenvalue weighted by Gasteiger charge is -1.95. The van der Waals surface area contributed by atoms with Crippen molar-refractivity contribution >= 4 is 5.78 Å². The van der Waals surface area contributed by atoms with Gasteiger partial charge in [0.05, 0.1) is 6.54 Å². The number of hydrogen-bond acceptors (Lipinski definition) is 4. The molecule has 0 saturated heterocycles. The molecular weight excluding hydrogens is 194 g/mol. The summed E-state index contributed by atoms with van der Waals surface area (Å²) in [4.78, 5) is 15.1. The van der Waals surface area contributed by atoms with E-state index in [1.807, 2.05) is 10.8 Å². The number of carbonyl (C=O) groups excluding carboxylic acids is 1. The minimum absolute atomic E-state index is 0.0537. The number of carbonyl (C=O) groups is 1. The number of ketones is 1. The summed E-state index contributed by atoms with van der Waals surface area (Å²) in [6.45, 7) is 3.80. The van der Waals surface area contributed by atoms with Gasteiger partial charge < -0.3 is 9.09 Å². The van der Waals surface area contributed by atoms with Gasteiger partial charge in [-0.15, -0.1) is 0 Å². The van der Waals surface area contributed by atoms with E-state index in [4.69, 9.17) is 4.52 Å². The number of aryl methyl sites for hydroxylation is 1. The van der Waals surface area contributed by atoms with Gasteiger partial charge in [-0.25, -0.2) is 0 Å². The second-order valence-corrected chi connectivity index (χ2v) is 3.36. The molecule has 0 fully saturated rings. The molecule has 2 aromatic rings. The molecule has 0 radical (unpaired) electrons. The van der Waals surface area contributed by atoms with Crippen LogP contribution in [0.3, 0.4) is 0 Å². The van der Waals surface area contributed by atoms with Crippen LogP contribution in [0.1, 0.15) is 29.0 Å². The third kappa shape index (κ3) is 2.12. The average molecular weight is 205 g/mol. The molecule has 0 bridgehead atoms. The van der Waals surface area contributed by atoms with Crippen molar-refractivity contribution in [3.05, 3.63) is 35.7 Å². The summed E-state index contributed by atoms with van der Waals surface area (Å²) in [5.74, 6) is 1.21. The fraction of sp³-hybridized carbons (Fsp3) is 0.300. The number of rotatable bonds is 3. The second kappa shape index (κ2) is 3.68.